The predicted octanol–water partition coefficient (Wildman–Crippen LogP) is 5.07. The summed E-state index contributed by atoms with van der Waals surface area (Å²) in [7, 11) is 0.824. The number of nitrogen functional groups attached to an aromatic ring is 2. The van der Waals surface area contributed by atoms with Crippen LogP contribution in [0.2, 0.25) is 0 Å². The molecule has 4 aromatic carbocycles. The average molecular weight is 404 g/mol. The number of nitrogens with zero attached hydrogens (tertiary/aromatic N) is 4. The van der Waals surface area contributed by atoms with Crippen molar-refractivity contribution in [2.75, 3.05) is 11.5 Å². The third-order valence-corrected chi connectivity index (χ3v) is 4.63. The maximum absolute atomic E-state index is 5.68. The Bertz CT molecular complexity index is 1090. The minimum Gasteiger partial charge on any atom is -0.399 e. The van der Waals surface area contributed by atoms with E-state index in [4.69, 9.17) is 11.5 Å². The molecule has 7 heteroatoms. The van der Waals surface area contributed by atoms with Crippen LogP contribution in [-0.2, 0) is 0 Å². The Labute approximate surface area is 181 Å². The van der Waals surface area contributed by atoms with Crippen molar-refractivity contribution in [2.45, 2.75) is 0 Å². The van der Waals surface area contributed by atoms with Crippen molar-refractivity contribution in [3.63, 3.8) is 0 Å². The number of hydrogen-bond donors (Lipinski definition) is 2. The second-order valence-electron chi connectivity index (χ2n) is 7.09. The zero-order valence-electron chi connectivity index (χ0n) is 16.9. The zero-order chi connectivity index (χ0) is 21.5. The number of benzene rings is 4. The van der Waals surface area contributed by atoms with Gasteiger partial charge in [-0.3, -0.25) is 0 Å². The van der Waals surface area contributed by atoms with E-state index in [1.165, 1.54) is 10.9 Å². The highest BCUT2D eigenvalue weighted by Gasteiger charge is 2.01. The SMILES string of the molecule is Nc1ccc(/N=N/c2ccc(Bc3ccc(/N=N/c4ccc(N)cc4)cc3)cc2)cc1. The van der Waals surface area contributed by atoms with Crippen LogP contribution < -0.4 is 22.4 Å². The molecule has 4 rings (SSSR count). The lowest BCUT2D eigenvalue weighted by molar-refractivity contribution is 1.23. The first kappa shape index (κ1) is 20.0. The third-order valence-electron chi connectivity index (χ3n) is 4.63. The summed E-state index contributed by atoms with van der Waals surface area (Å²) in [5.41, 5.74) is 18.3. The summed E-state index contributed by atoms with van der Waals surface area (Å²) < 4.78 is 0. The van der Waals surface area contributed by atoms with Crippen molar-refractivity contribution in [2.24, 2.45) is 20.5 Å². The number of nitrogens with two attached hydrogens (primary N) is 2. The number of anilines is 2. The maximum Gasteiger partial charge on any atom is 0.192 e. The monoisotopic (exact) mass is 404 g/mol. The molecule has 31 heavy (non-hydrogen) atoms. The highest BCUT2D eigenvalue weighted by molar-refractivity contribution is 6.67. The molecule has 0 aromatic heterocycles. The average Bonchev–Trinajstić information content (AvgIpc) is 2.80. The van der Waals surface area contributed by atoms with Crippen molar-refractivity contribution in [1.82, 2.24) is 0 Å². The van der Waals surface area contributed by atoms with Crippen molar-refractivity contribution < 1.29 is 0 Å². The van der Waals surface area contributed by atoms with Gasteiger partial charge in [0.15, 0.2) is 7.28 Å². The van der Waals surface area contributed by atoms with E-state index < -0.39 is 0 Å². The summed E-state index contributed by atoms with van der Waals surface area (Å²) in [4.78, 5) is 0. The van der Waals surface area contributed by atoms with Gasteiger partial charge in [-0.15, -0.1) is 0 Å². The van der Waals surface area contributed by atoms with Crippen molar-refractivity contribution in [3.8, 4) is 0 Å². The van der Waals surface area contributed by atoms with Gasteiger partial charge in [0.2, 0.25) is 0 Å². The molecule has 0 radical (unpaired) electrons. The zero-order valence-corrected chi connectivity index (χ0v) is 16.9. The lowest BCUT2D eigenvalue weighted by Crippen LogP contribution is -2.26. The van der Waals surface area contributed by atoms with Gasteiger partial charge in [0.1, 0.15) is 0 Å². The molecule has 4 N–H and O–H groups in total. The van der Waals surface area contributed by atoms with Crippen LogP contribution in [-0.4, -0.2) is 7.28 Å². The molecular formula is C24H21BN6. The van der Waals surface area contributed by atoms with Crippen molar-refractivity contribution in [3.05, 3.63) is 97.1 Å². The predicted molar refractivity (Wildman–Crippen MR) is 129 cm³/mol. The maximum atomic E-state index is 5.68. The highest BCUT2D eigenvalue weighted by atomic mass is 15.1. The molecule has 6 nitrogen and oxygen atoms in total. The van der Waals surface area contributed by atoms with Gasteiger partial charge in [-0.1, -0.05) is 35.2 Å². The van der Waals surface area contributed by atoms with Gasteiger partial charge in [0.25, 0.3) is 0 Å². The minimum atomic E-state index is 0.709. The van der Waals surface area contributed by atoms with E-state index in [2.05, 4.69) is 44.7 Å². The first-order valence-electron chi connectivity index (χ1n) is 9.86. The van der Waals surface area contributed by atoms with Gasteiger partial charge in [0, 0.05) is 11.4 Å². The van der Waals surface area contributed by atoms with Crippen LogP contribution in [0.15, 0.2) is 118 Å². The third kappa shape index (κ3) is 5.87. The Kier molecular flexibility index (Phi) is 6.14. The molecule has 0 unspecified atom stereocenters. The van der Waals surface area contributed by atoms with E-state index in [-0.39, 0.29) is 0 Å². The second kappa shape index (κ2) is 9.50. The number of hydrogen-bond acceptors (Lipinski definition) is 6. The van der Waals surface area contributed by atoms with E-state index in [1.54, 1.807) is 0 Å². The topological polar surface area (TPSA) is 101 Å². The molecule has 0 heterocycles. The summed E-state index contributed by atoms with van der Waals surface area (Å²) >= 11 is 0. The summed E-state index contributed by atoms with van der Waals surface area (Å²) in [6, 6.07) is 30.7. The first-order valence-corrected chi connectivity index (χ1v) is 9.86. The van der Waals surface area contributed by atoms with Gasteiger partial charge in [-0.25, -0.2) is 0 Å². The van der Waals surface area contributed by atoms with E-state index in [1.807, 2.05) is 72.8 Å². The molecular weight excluding hydrogens is 383 g/mol. The van der Waals surface area contributed by atoms with Crippen LogP contribution in [0.5, 0.6) is 0 Å². The molecule has 0 saturated heterocycles. The fraction of sp³-hybridized carbons (Fsp3) is 0. The molecule has 150 valence electrons. The molecule has 0 fully saturated rings. The lowest BCUT2D eigenvalue weighted by Gasteiger charge is -2.02. The molecule has 4 aromatic rings. The Morgan fingerprint density at radius 2 is 0.645 bits per heavy atom. The van der Waals surface area contributed by atoms with Gasteiger partial charge in [-0.2, -0.15) is 20.5 Å². The normalized spacial score (nSPS) is 11.2. The summed E-state index contributed by atoms with van der Waals surface area (Å²) in [6.45, 7) is 0. The summed E-state index contributed by atoms with van der Waals surface area (Å²) in [5.74, 6) is 0. The van der Waals surface area contributed by atoms with Gasteiger partial charge in [0.05, 0.1) is 22.7 Å². The fourth-order valence-corrected chi connectivity index (χ4v) is 2.91. The fourth-order valence-electron chi connectivity index (χ4n) is 2.91. The molecule has 0 saturated carbocycles. The Hall–Kier alpha value is -4.26. The molecule has 0 spiro atoms. The van der Waals surface area contributed by atoms with E-state index in [0.717, 1.165) is 30.0 Å². The Morgan fingerprint density at radius 3 is 0.935 bits per heavy atom. The van der Waals surface area contributed by atoms with Crippen LogP contribution in [0, 0.1) is 0 Å². The molecule has 0 atom stereocenters. The first-order chi connectivity index (χ1) is 15.1. The van der Waals surface area contributed by atoms with Crippen LogP contribution in [0.1, 0.15) is 0 Å². The van der Waals surface area contributed by atoms with Gasteiger partial charge >= 0.3 is 0 Å². The Balaban J connectivity index is 1.35. The van der Waals surface area contributed by atoms with E-state index in [9.17, 15) is 0 Å². The van der Waals surface area contributed by atoms with Gasteiger partial charge in [-0.05, 0) is 72.8 Å². The molecule has 0 aliphatic carbocycles. The van der Waals surface area contributed by atoms with E-state index >= 15 is 0 Å². The lowest BCUT2D eigenvalue weighted by atomic mass is 9.64. The largest absolute Gasteiger partial charge is 0.399 e. The van der Waals surface area contributed by atoms with Crippen LogP contribution in [0.4, 0.5) is 34.1 Å². The summed E-state index contributed by atoms with van der Waals surface area (Å²) in [5, 5.41) is 17.0. The van der Waals surface area contributed by atoms with Crippen molar-refractivity contribution in [1.29, 1.82) is 0 Å². The molecule has 0 amide bonds. The minimum absolute atomic E-state index is 0.709. The molecule has 0 bridgehead atoms. The summed E-state index contributed by atoms with van der Waals surface area (Å²) in [6.07, 6.45) is 0. The van der Waals surface area contributed by atoms with Crippen LogP contribution >= 0.6 is 0 Å². The van der Waals surface area contributed by atoms with Crippen molar-refractivity contribution >= 4 is 52.3 Å². The van der Waals surface area contributed by atoms with Gasteiger partial charge < -0.3 is 11.5 Å². The molecule has 0 aliphatic heterocycles. The standard InChI is InChI=1S/C24H21BN6/c26-19-5-13-23(14-6-19)30-28-21-9-1-17(2-10-21)25-18-3-11-22(12-4-18)29-31-24-15-7-20(27)8-16-24/h1-16,25H,26-27H2/b30-28+,31-29+. The smallest absolute Gasteiger partial charge is 0.192 e. The highest BCUT2D eigenvalue weighted by Crippen LogP contribution is 2.19. The molecule has 0 aliphatic rings. The number of azo groups is 2. The van der Waals surface area contributed by atoms with E-state index in [0.29, 0.717) is 11.4 Å². The van der Waals surface area contributed by atoms with Crippen LogP contribution in [0.3, 0.4) is 0 Å². The quantitative estimate of drug-likeness (QED) is 0.266. The number of rotatable bonds is 6. The van der Waals surface area contributed by atoms with Crippen LogP contribution in [0.25, 0.3) is 0 Å². The second-order valence-corrected chi connectivity index (χ2v) is 7.09. The Morgan fingerprint density at radius 1 is 0.387 bits per heavy atom.